The van der Waals surface area contributed by atoms with E-state index in [0.29, 0.717) is 19.8 Å². The topological polar surface area (TPSA) is 100 Å². The molecule has 0 spiro atoms. The Morgan fingerprint density at radius 1 is 1.00 bits per heavy atom. The molecule has 0 aliphatic carbocycles. The van der Waals surface area contributed by atoms with Crippen molar-refractivity contribution in [2.24, 2.45) is 0 Å². The second kappa shape index (κ2) is 10.9. The summed E-state index contributed by atoms with van der Waals surface area (Å²) in [6, 6.07) is 1.62. The number of piperidine rings is 2. The smallest absolute Gasteiger partial charge is 0.320 e. The third kappa shape index (κ3) is 5.27. The zero-order valence-electron chi connectivity index (χ0n) is 19.8. The van der Waals surface area contributed by atoms with Gasteiger partial charge >= 0.3 is 6.03 Å². The van der Waals surface area contributed by atoms with Gasteiger partial charge in [0.1, 0.15) is 6.10 Å². The molecule has 0 aromatic carbocycles. The number of nitrogens with one attached hydrogen (secondary N) is 1. The van der Waals surface area contributed by atoms with Crippen LogP contribution in [-0.4, -0.2) is 102 Å². The van der Waals surface area contributed by atoms with Gasteiger partial charge < -0.3 is 29.5 Å². The van der Waals surface area contributed by atoms with E-state index in [-0.39, 0.29) is 36.2 Å². The van der Waals surface area contributed by atoms with Crippen LogP contribution in [0.5, 0.6) is 0 Å². The highest BCUT2D eigenvalue weighted by atomic mass is 16.5. The van der Waals surface area contributed by atoms with Gasteiger partial charge in [0.05, 0.1) is 24.8 Å². The number of carbonyl (C=O) groups is 2. The van der Waals surface area contributed by atoms with Crippen molar-refractivity contribution in [1.82, 2.24) is 25.1 Å². The van der Waals surface area contributed by atoms with Gasteiger partial charge in [-0.15, -0.1) is 0 Å². The van der Waals surface area contributed by atoms with E-state index in [1.54, 1.807) is 12.4 Å². The summed E-state index contributed by atoms with van der Waals surface area (Å²) in [4.78, 5) is 40.7. The second-order valence-corrected chi connectivity index (χ2v) is 9.71. The fourth-order valence-electron chi connectivity index (χ4n) is 5.33. The van der Waals surface area contributed by atoms with Crippen LogP contribution in [0.4, 0.5) is 10.7 Å². The average Bonchev–Trinajstić information content (AvgIpc) is 3.38. The van der Waals surface area contributed by atoms with Crippen molar-refractivity contribution < 1.29 is 19.1 Å². The molecule has 0 bridgehead atoms. The lowest BCUT2D eigenvalue weighted by molar-refractivity contribution is -0.132. The summed E-state index contributed by atoms with van der Waals surface area (Å²) in [5, 5.41) is 3.21. The van der Waals surface area contributed by atoms with Crippen LogP contribution in [0.25, 0.3) is 0 Å². The average molecular weight is 473 g/mol. The molecule has 1 aromatic heterocycles. The van der Waals surface area contributed by atoms with Gasteiger partial charge in [-0.25, -0.2) is 14.8 Å². The predicted molar refractivity (Wildman–Crippen MR) is 125 cm³/mol. The van der Waals surface area contributed by atoms with Crippen molar-refractivity contribution in [3.05, 3.63) is 18.5 Å². The number of carbonyl (C=O) groups excluding carboxylic acids is 2. The lowest BCUT2D eigenvalue weighted by Gasteiger charge is -2.45. The van der Waals surface area contributed by atoms with E-state index >= 15 is 0 Å². The summed E-state index contributed by atoms with van der Waals surface area (Å²) in [5.41, 5.74) is 0. The first-order valence-corrected chi connectivity index (χ1v) is 12.8. The molecule has 10 nitrogen and oxygen atoms in total. The fraction of sp³-hybridized carbons (Fsp3) is 0.750. The number of likely N-dealkylation sites (tertiary alicyclic amines) is 2. The van der Waals surface area contributed by atoms with Crippen molar-refractivity contribution in [2.45, 2.75) is 69.2 Å². The maximum absolute atomic E-state index is 13.2. The molecule has 3 amide bonds. The molecule has 186 valence electrons. The molecule has 34 heavy (non-hydrogen) atoms. The quantitative estimate of drug-likeness (QED) is 0.668. The van der Waals surface area contributed by atoms with Crippen molar-refractivity contribution in [2.75, 3.05) is 50.8 Å². The van der Waals surface area contributed by atoms with Crippen LogP contribution in [0, 0.1) is 0 Å². The van der Waals surface area contributed by atoms with Crippen molar-refractivity contribution in [3.8, 4) is 0 Å². The van der Waals surface area contributed by atoms with Crippen molar-refractivity contribution >= 4 is 17.9 Å². The zero-order valence-corrected chi connectivity index (χ0v) is 19.8. The molecule has 5 heterocycles. The molecule has 4 fully saturated rings. The van der Waals surface area contributed by atoms with Gasteiger partial charge in [-0.3, -0.25) is 4.79 Å². The Kier molecular flexibility index (Phi) is 7.44. The first-order valence-electron chi connectivity index (χ1n) is 12.8. The number of urea groups is 1. The molecular formula is C24H36N6O4. The minimum absolute atomic E-state index is 0.0538. The first kappa shape index (κ1) is 23.3. The Balaban J connectivity index is 1.20. The summed E-state index contributed by atoms with van der Waals surface area (Å²) in [5.74, 6) is 0.707. The summed E-state index contributed by atoms with van der Waals surface area (Å²) >= 11 is 0. The third-order valence-corrected chi connectivity index (χ3v) is 7.48. The van der Waals surface area contributed by atoms with Gasteiger partial charge in [0.2, 0.25) is 11.9 Å². The zero-order chi connectivity index (χ0) is 23.3. The van der Waals surface area contributed by atoms with E-state index in [1.807, 2.05) is 15.9 Å². The molecule has 4 aliphatic heterocycles. The first-order chi connectivity index (χ1) is 16.7. The van der Waals surface area contributed by atoms with Crippen LogP contribution >= 0.6 is 0 Å². The van der Waals surface area contributed by atoms with Crippen molar-refractivity contribution in [1.29, 1.82) is 0 Å². The summed E-state index contributed by atoms with van der Waals surface area (Å²) in [6.45, 7) is 5.10. The van der Waals surface area contributed by atoms with E-state index in [9.17, 15) is 9.59 Å². The molecular weight excluding hydrogens is 436 g/mol. The van der Waals surface area contributed by atoms with Crippen molar-refractivity contribution in [3.63, 3.8) is 0 Å². The highest BCUT2D eigenvalue weighted by molar-refractivity contribution is 5.81. The Morgan fingerprint density at radius 3 is 2.47 bits per heavy atom. The molecule has 4 saturated heterocycles. The number of amides is 3. The highest BCUT2D eigenvalue weighted by Crippen LogP contribution is 2.25. The Bertz CT molecular complexity index is 824. The number of ether oxygens (including phenoxy) is 2. The lowest BCUT2D eigenvalue weighted by Crippen LogP contribution is -2.63. The van der Waals surface area contributed by atoms with E-state index in [4.69, 9.17) is 9.47 Å². The number of anilines is 1. The minimum atomic E-state index is -0.368. The van der Waals surface area contributed by atoms with E-state index < -0.39 is 0 Å². The lowest BCUT2D eigenvalue weighted by atomic mass is 9.95. The number of hydrogen-bond acceptors (Lipinski definition) is 7. The number of hydrogen-bond donors (Lipinski definition) is 1. The number of nitrogens with zero attached hydrogens (tertiary/aromatic N) is 5. The van der Waals surface area contributed by atoms with Crippen LogP contribution in [0.1, 0.15) is 44.9 Å². The summed E-state index contributed by atoms with van der Waals surface area (Å²) in [6.07, 6.45) is 9.53. The predicted octanol–water partition coefficient (Wildman–Crippen LogP) is 1.42. The molecule has 0 saturated carbocycles. The van der Waals surface area contributed by atoms with Gasteiger partial charge in [-0.1, -0.05) is 0 Å². The molecule has 5 rings (SSSR count). The molecule has 0 radical (unpaired) electrons. The van der Waals surface area contributed by atoms with E-state index in [0.717, 1.165) is 77.1 Å². The Morgan fingerprint density at radius 2 is 1.79 bits per heavy atom. The fourth-order valence-corrected chi connectivity index (χ4v) is 5.33. The third-order valence-electron chi connectivity index (χ3n) is 7.48. The molecule has 1 aromatic rings. The maximum atomic E-state index is 13.2. The van der Waals surface area contributed by atoms with Crippen LogP contribution in [0.2, 0.25) is 0 Å². The number of aromatic nitrogens is 2. The highest BCUT2D eigenvalue weighted by Gasteiger charge is 2.40. The Labute approximate surface area is 201 Å². The maximum Gasteiger partial charge on any atom is 0.320 e. The number of rotatable bonds is 6. The van der Waals surface area contributed by atoms with Gasteiger partial charge in [-0.05, 0) is 51.0 Å². The molecule has 2 unspecified atom stereocenters. The van der Waals surface area contributed by atoms with Crippen LogP contribution in [0.15, 0.2) is 18.5 Å². The second-order valence-electron chi connectivity index (χ2n) is 9.71. The largest absolute Gasteiger partial charge is 0.376 e. The van der Waals surface area contributed by atoms with Gasteiger partial charge in [0.15, 0.2) is 0 Å². The van der Waals surface area contributed by atoms with Crippen LogP contribution < -0.4 is 10.2 Å². The SMILES string of the molecule is O=C(NC1CCCN(C(=O)N2CCC2)C1COC1CCN(c2ncccn2)CC1)[C@@H]1CCCO1. The molecule has 3 atom stereocenters. The summed E-state index contributed by atoms with van der Waals surface area (Å²) in [7, 11) is 0. The molecule has 4 aliphatic rings. The van der Waals surface area contributed by atoms with E-state index in [1.165, 1.54) is 0 Å². The van der Waals surface area contributed by atoms with Gasteiger partial charge in [0, 0.05) is 51.7 Å². The van der Waals surface area contributed by atoms with Crippen LogP contribution in [0.3, 0.4) is 0 Å². The standard InChI is InChI=1S/C24H36N6O4/c31-22(21-6-2-16-33-21)27-19-5-1-13-30(24(32)29-11-4-12-29)20(19)17-34-18-7-14-28(15-8-18)23-25-9-3-10-26-23/h3,9-10,18-21H,1-2,4-8,11-17H2,(H,27,31)/t19?,20?,21-/m0/s1. The molecule has 10 heteroatoms. The van der Waals surface area contributed by atoms with Gasteiger partial charge in [-0.2, -0.15) is 0 Å². The normalized spacial score (nSPS) is 28.0. The molecule has 1 N–H and O–H groups in total. The Hall–Kier alpha value is -2.46. The summed E-state index contributed by atoms with van der Waals surface area (Å²) < 4.78 is 12.0. The van der Waals surface area contributed by atoms with Gasteiger partial charge in [0.25, 0.3) is 0 Å². The minimum Gasteiger partial charge on any atom is -0.376 e. The monoisotopic (exact) mass is 472 g/mol. The van der Waals surface area contributed by atoms with E-state index in [2.05, 4.69) is 20.2 Å². The van der Waals surface area contributed by atoms with Crippen LogP contribution in [-0.2, 0) is 14.3 Å².